The summed E-state index contributed by atoms with van der Waals surface area (Å²) >= 11 is 0. The monoisotopic (exact) mass is 276 g/mol. The first kappa shape index (κ1) is 15.3. The minimum absolute atomic E-state index is 0.131. The van der Waals surface area contributed by atoms with Gasteiger partial charge in [0.1, 0.15) is 0 Å². The SMILES string of the molecule is CN1CCCN(c2ccncc2CNC(C)(C)C)CC1. The van der Waals surface area contributed by atoms with Crippen molar-refractivity contribution in [1.82, 2.24) is 15.2 Å². The van der Waals surface area contributed by atoms with Gasteiger partial charge in [-0.1, -0.05) is 0 Å². The zero-order valence-electron chi connectivity index (χ0n) is 13.3. The molecule has 2 rings (SSSR count). The van der Waals surface area contributed by atoms with E-state index in [1.54, 1.807) is 0 Å². The van der Waals surface area contributed by atoms with Crippen LogP contribution >= 0.6 is 0 Å². The summed E-state index contributed by atoms with van der Waals surface area (Å²) in [5.74, 6) is 0. The van der Waals surface area contributed by atoms with Crippen molar-refractivity contribution in [1.29, 1.82) is 0 Å². The molecule has 0 saturated carbocycles. The van der Waals surface area contributed by atoms with Crippen LogP contribution in [0.25, 0.3) is 0 Å². The molecular weight excluding hydrogens is 248 g/mol. The number of anilines is 1. The van der Waals surface area contributed by atoms with Gasteiger partial charge in [-0.25, -0.2) is 0 Å². The van der Waals surface area contributed by atoms with Gasteiger partial charge in [0.2, 0.25) is 0 Å². The van der Waals surface area contributed by atoms with Crippen molar-refractivity contribution in [2.45, 2.75) is 39.3 Å². The molecular formula is C16H28N4. The van der Waals surface area contributed by atoms with Crippen molar-refractivity contribution in [3.05, 3.63) is 24.0 Å². The molecule has 1 saturated heterocycles. The van der Waals surface area contributed by atoms with Crippen molar-refractivity contribution < 1.29 is 0 Å². The first-order chi connectivity index (χ1) is 9.46. The molecule has 1 aliphatic heterocycles. The first-order valence-electron chi connectivity index (χ1n) is 7.57. The summed E-state index contributed by atoms with van der Waals surface area (Å²) in [6, 6.07) is 2.16. The van der Waals surface area contributed by atoms with E-state index in [-0.39, 0.29) is 5.54 Å². The van der Waals surface area contributed by atoms with Crippen molar-refractivity contribution in [2.24, 2.45) is 0 Å². The van der Waals surface area contributed by atoms with Crippen LogP contribution in [-0.4, -0.2) is 48.6 Å². The largest absolute Gasteiger partial charge is 0.370 e. The summed E-state index contributed by atoms with van der Waals surface area (Å²) in [5.41, 5.74) is 2.77. The van der Waals surface area contributed by atoms with Crippen LogP contribution in [0.15, 0.2) is 18.5 Å². The molecule has 1 aromatic heterocycles. The first-order valence-corrected chi connectivity index (χ1v) is 7.57. The number of nitrogens with one attached hydrogen (secondary N) is 1. The van der Waals surface area contributed by atoms with Gasteiger partial charge in [-0.05, 0) is 46.9 Å². The predicted octanol–water partition coefficient (Wildman–Crippen LogP) is 2.11. The summed E-state index contributed by atoms with van der Waals surface area (Å²) in [4.78, 5) is 9.22. The highest BCUT2D eigenvalue weighted by Gasteiger charge is 2.16. The van der Waals surface area contributed by atoms with Crippen LogP contribution in [0.1, 0.15) is 32.8 Å². The van der Waals surface area contributed by atoms with Crippen LogP contribution in [-0.2, 0) is 6.54 Å². The van der Waals surface area contributed by atoms with E-state index in [2.05, 4.69) is 54.0 Å². The highest BCUT2D eigenvalue weighted by atomic mass is 15.2. The van der Waals surface area contributed by atoms with Crippen molar-refractivity contribution >= 4 is 5.69 Å². The van der Waals surface area contributed by atoms with Gasteiger partial charge in [-0.2, -0.15) is 0 Å². The third-order valence-electron chi connectivity index (χ3n) is 3.75. The lowest BCUT2D eigenvalue weighted by Crippen LogP contribution is -2.36. The number of rotatable bonds is 3. The van der Waals surface area contributed by atoms with Gasteiger partial charge in [-0.15, -0.1) is 0 Å². The Morgan fingerprint density at radius 2 is 2.00 bits per heavy atom. The third kappa shape index (κ3) is 4.46. The van der Waals surface area contributed by atoms with Crippen LogP contribution < -0.4 is 10.2 Å². The lowest BCUT2D eigenvalue weighted by atomic mass is 10.1. The molecule has 0 atom stereocenters. The number of pyridine rings is 1. The van der Waals surface area contributed by atoms with Gasteiger partial charge < -0.3 is 15.1 Å². The van der Waals surface area contributed by atoms with Crippen LogP contribution in [0.5, 0.6) is 0 Å². The smallest absolute Gasteiger partial charge is 0.0443 e. The van der Waals surface area contributed by atoms with Crippen molar-refractivity contribution in [3.8, 4) is 0 Å². The molecule has 0 radical (unpaired) electrons. The Hall–Kier alpha value is -1.13. The lowest BCUT2D eigenvalue weighted by molar-refractivity contribution is 0.360. The second-order valence-electron chi connectivity index (χ2n) is 6.75. The van der Waals surface area contributed by atoms with E-state index in [0.29, 0.717) is 0 Å². The minimum Gasteiger partial charge on any atom is -0.370 e. The maximum Gasteiger partial charge on any atom is 0.0443 e. The second kappa shape index (κ2) is 6.55. The quantitative estimate of drug-likeness (QED) is 0.916. The minimum atomic E-state index is 0.131. The molecule has 1 fully saturated rings. The van der Waals surface area contributed by atoms with Crippen LogP contribution in [0.3, 0.4) is 0 Å². The molecule has 1 N–H and O–H groups in total. The standard InChI is InChI=1S/C16H28N4/c1-16(2,3)18-13-14-12-17-7-6-15(14)20-9-5-8-19(4)10-11-20/h6-7,12,18H,5,8-11,13H2,1-4H3. The molecule has 20 heavy (non-hydrogen) atoms. The normalized spacial score (nSPS) is 18.1. The molecule has 0 aromatic carbocycles. The molecule has 112 valence electrons. The van der Waals surface area contributed by atoms with Gasteiger partial charge in [0.15, 0.2) is 0 Å². The molecule has 0 spiro atoms. The molecule has 2 heterocycles. The number of hydrogen-bond acceptors (Lipinski definition) is 4. The summed E-state index contributed by atoms with van der Waals surface area (Å²) in [6.45, 7) is 12.0. The average molecular weight is 276 g/mol. The Labute approximate surface area is 123 Å². The maximum atomic E-state index is 4.30. The Kier molecular flexibility index (Phi) is 5.00. The van der Waals surface area contributed by atoms with Crippen molar-refractivity contribution in [2.75, 3.05) is 38.1 Å². The fraction of sp³-hybridized carbons (Fsp3) is 0.688. The third-order valence-corrected chi connectivity index (χ3v) is 3.75. The molecule has 0 unspecified atom stereocenters. The van der Waals surface area contributed by atoms with Gasteiger partial charge in [-0.3, -0.25) is 4.98 Å². The van der Waals surface area contributed by atoms with E-state index in [9.17, 15) is 0 Å². The number of hydrogen-bond donors (Lipinski definition) is 1. The zero-order valence-corrected chi connectivity index (χ0v) is 13.3. The highest BCUT2D eigenvalue weighted by Crippen LogP contribution is 2.21. The van der Waals surface area contributed by atoms with Crippen molar-refractivity contribution in [3.63, 3.8) is 0 Å². The fourth-order valence-corrected chi connectivity index (χ4v) is 2.51. The lowest BCUT2D eigenvalue weighted by Gasteiger charge is -2.27. The molecule has 4 heteroatoms. The maximum absolute atomic E-state index is 4.30. The molecule has 1 aliphatic rings. The Morgan fingerprint density at radius 3 is 2.75 bits per heavy atom. The predicted molar refractivity (Wildman–Crippen MR) is 85.2 cm³/mol. The van der Waals surface area contributed by atoms with Gasteiger partial charge in [0, 0.05) is 55.4 Å². The van der Waals surface area contributed by atoms with Gasteiger partial charge >= 0.3 is 0 Å². The van der Waals surface area contributed by atoms with E-state index in [1.165, 1.54) is 24.2 Å². The Bertz CT molecular complexity index is 425. The fourth-order valence-electron chi connectivity index (χ4n) is 2.51. The topological polar surface area (TPSA) is 31.4 Å². The molecule has 0 amide bonds. The van der Waals surface area contributed by atoms with E-state index < -0.39 is 0 Å². The number of likely N-dealkylation sites (N-methyl/N-ethyl adjacent to an activating group) is 1. The van der Waals surface area contributed by atoms with E-state index in [4.69, 9.17) is 0 Å². The molecule has 1 aromatic rings. The van der Waals surface area contributed by atoms with Gasteiger partial charge in [0.25, 0.3) is 0 Å². The van der Waals surface area contributed by atoms with Crippen LogP contribution in [0.4, 0.5) is 5.69 Å². The summed E-state index contributed by atoms with van der Waals surface area (Å²) in [7, 11) is 2.21. The zero-order chi connectivity index (χ0) is 14.6. The Balaban J connectivity index is 2.10. The number of nitrogens with zero attached hydrogens (tertiary/aromatic N) is 3. The average Bonchev–Trinajstić information content (AvgIpc) is 2.61. The summed E-state index contributed by atoms with van der Waals surface area (Å²) in [5, 5.41) is 3.56. The highest BCUT2D eigenvalue weighted by molar-refractivity contribution is 5.52. The Morgan fingerprint density at radius 1 is 1.20 bits per heavy atom. The summed E-state index contributed by atoms with van der Waals surface area (Å²) in [6.07, 6.45) is 5.14. The van der Waals surface area contributed by atoms with Crippen LogP contribution in [0, 0.1) is 0 Å². The summed E-state index contributed by atoms with van der Waals surface area (Å²) < 4.78 is 0. The molecule has 4 nitrogen and oxygen atoms in total. The van der Waals surface area contributed by atoms with E-state index in [0.717, 1.165) is 26.2 Å². The van der Waals surface area contributed by atoms with E-state index in [1.807, 2.05) is 12.4 Å². The molecule has 0 aliphatic carbocycles. The number of aromatic nitrogens is 1. The van der Waals surface area contributed by atoms with E-state index >= 15 is 0 Å². The second-order valence-corrected chi connectivity index (χ2v) is 6.75. The van der Waals surface area contributed by atoms with Crippen LogP contribution in [0.2, 0.25) is 0 Å². The molecule has 0 bridgehead atoms. The van der Waals surface area contributed by atoms with Gasteiger partial charge in [0.05, 0.1) is 0 Å².